The molecule has 0 aromatic heterocycles. The van der Waals surface area contributed by atoms with Gasteiger partial charge in [-0.3, -0.25) is 0 Å². The highest BCUT2D eigenvalue weighted by molar-refractivity contribution is 5.58. The number of rotatable bonds is 5. The topological polar surface area (TPSA) is 46.5 Å². The first kappa shape index (κ1) is 12.6. The van der Waals surface area contributed by atoms with Crippen LogP contribution in [0.5, 0.6) is 5.75 Å². The van der Waals surface area contributed by atoms with Crippen molar-refractivity contribution in [3.8, 4) is 5.75 Å². The van der Waals surface area contributed by atoms with E-state index in [1.807, 2.05) is 13.8 Å². The number of carbonyl (C=O) groups is 1. The van der Waals surface area contributed by atoms with Crippen LogP contribution in [0.4, 0.5) is 4.39 Å². The van der Waals surface area contributed by atoms with Crippen LogP contribution in [-0.2, 0) is 22.6 Å². The van der Waals surface area contributed by atoms with E-state index in [9.17, 15) is 14.3 Å². The first-order valence-electron chi connectivity index (χ1n) is 5.10. The minimum atomic E-state index is -0.721. The van der Waals surface area contributed by atoms with Gasteiger partial charge in [0.15, 0.2) is 11.6 Å². The molecule has 0 unspecified atom stereocenters. The molecule has 0 spiro atoms. The van der Waals surface area contributed by atoms with E-state index < -0.39 is 11.6 Å². The molecular formula is C12H15FO3. The molecule has 1 N–H and O–H groups in total. The summed E-state index contributed by atoms with van der Waals surface area (Å²) in [5.41, 5.74) is 0.901. The van der Waals surface area contributed by atoms with Crippen molar-refractivity contribution in [3.05, 3.63) is 29.1 Å². The lowest BCUT2D eigenvalue weighted by Crippen LogP contribution is -2.03. The van der Waals surface area contributed by atoms with Crippen LogP contribution >= 0.6 is 0 Å². The van der Waals surface area contributed by atoms with Crippen molar-refractivity contribution < 1.29 is 19.0 Å². The van der Waals surface area contributed by atoms with Crippen LogP contribution in [0.2, 0.25) is 0 Å². The highest BCUT2D eigenvalue weighted by atomic mass is 19.1. The lowest BCUT2D eigenvalue weighted by molar-refractivity contribution is -0.107. The molecule has 0 aliphatic carbocycles. The average Bonchev–Trinajstić information content (AvgIpc) is 2.22. The molecule has 0 aliphatic rings. The first-order chi connectivity index (χ1) is 7.54. The smallest absolute Gasteiger partial charge is 0.165 e. The molecule has 0 bridgehead atoms. The predicted octanol–water partition coefficient (Wildman–Crippen LogP) is 2.20. The van der Waals surface area contributed by atoms with Gasteiger partial charge in [0.05, 0.1) is 12.7 Å². The Morgan fingerprint density at radius 2 is 2.19 bits per heavy atom. The summed E-state index contributed by atoms with van der Waals surface area (Å²) >= 11 is 0. The maximum absolute atomic E-state index is 13.3. The van der Waals surface area contributed by atoms with E-state index in [0.717, 1.165) is 0 Å². The third-order valence-electron chi connectivity index (χ3n) is 2.09. The monoisotopic (exact) mass is 226 g/mol. The van der Waals surface area contributed by atoms with E-state index >= 15 is 0 Å². The summed E-state index contributed by atoms with van der Waals surface area (Å²) in [6.07, 6.45) is 0.672. The fourth-order valence-electron chi connectivity index (χ4n) is 1.31. The zero-order valence-corrected chi connectivity index (χ0v) is 9.37. The molecule has 1 aromatic carbocycles. The Morgan fingerprint density at radius 3 is 2.75 bits per heavy atom. The number of halogens is 1. The Labute approximate surface area is 93.9 Å². The lowest BCUT2D eigenvalue weighted by atomic mass is 10.1. The van der Waals surface area contributed by atoms with Crippen LogP contribution < -0.4 is 0 Å². The average molecular weight is 226 g/mol. The lowest BCUT2D eigenvalue weighted by Gasteiger charge is -2.10. The van der Waals surface area contributed by atoms with Crippen LogP contribution in [0.15, 0.2) is 12.1 Å². The number of hydrogen-bond donors (Lipinski definition) is 1. The van der Waals surface area contributed by atoms with Gasteiger partial charge in [-0.1, -0.05) is 0 Å². The predicted molar refractivity (Wildman–Crippen MR) is 57.8 cm³/mol. The van der Waals surface area contributed by atoms with Gasteiger partial charge in [0.25, 0.3) is 0 Å². The van der Waals surface area contributed by atoms with E-state index in [2.05, 4.69) is 0 Å². The molecule has 0 heterocycles. The summed E-state index contributed by atoms with van der Waals surface area (Å²) in [5.74, 6) is -1.18. The molecule has 0 aliphatic heterocycles. The SMILES string of the molecule is CC(C)OCc1cc(F)c(O)c(CC=O)c1. The Balaban J connectivity index is 2.90. The van der Waals surface area contributed by atoms with Crippen LogP contribution in [0, 0.1) is 5.82 Å². The van der Waals surface area contributed by atoms with E-state index in [4.69, 9.17) is 4.74 Å². The normalized spacial score (nSPS) is 10.8. The summed E-state index contributed by atoms with van der Waals surface area (Å²) in [6.45, 7) is 4.02. The Bertz CT molecular complexity index is 375. The van der Waals surface area contributed by atoms with Crippen molar-refractivity contribution in [2.24, 2.45) is 0 Å². The minimum absolute atomic E-state index is 0.00171. The van der Waals surface area contributed by atoms with Crippen LogP contribution in [0.25, 0.3) is 0 Å². The van der Waals surface area contributed by atoms with E-state index in [1.165, 1.54) is 6.07 Å². The number of phenols is 1. The molecule has 1 rings (SSSR count). The van der Waals surface area contributed by atoms with Crippen LogP contribution in [0.1, 0.15) is 25.0 Å². The quantitative estimate of drug-likeness (QED) is 0.783. The largest absolute Gasteiger partial charge is 0.505 e. The number of hydrogen-bond acceptors (Lipinski definition) is 3. The van der Waals surface area contributed by atoms with Gasteiger partial charge in [0, 0.05) is 12.0 Å². The molecule has 0 atom stereocenters. The van der Waals surface area contributed by atoms with Crippen LogP contribution in [-0.4, -0.2) is 17.5 Å². The zero-order valence-electron chi connectivity index (χ0n) is 9.37. The standard InChI is InChI=1S/C12H15FO3/c1-8(2)16-7-9-5-10(3-4-14)12(15)11(13)6-9/h4-6,8,15H,3,7H2,1-2H3. The summed E-state index contributed by atoms with van der Waals surface area (Å²) in [7, 11) is 0. The number of phenolic OH excluding ortho intramolecular Hbond substituents is 1. The van der Waals surface area contributed by atoms with Crippen molar-refractivity contribution in [3.63, 3.8) is 0 Å². The molecule has 0 fully saturated rings. The maximum Gasteiger partial charge on any atom is 0.165 e. The zero-order chi connectivity index (χ0) is 12.1. The summed E-state index contributed by atoms with van der Waals surface area (Å²) in [4.78, 5) is 10.4. The third-order valence-corrected chi connectivity index (χ3v) is 2.09. The molecule has 16 heavy (non-hydrogen) atoms. The van der Waals surface area contributed by atoms with E-state index in [1.54, 1.807) is 6.07 Å². The molecule has 0 saturated heterocycles. The molecular weight excluding hydrogens is 211 g/mol. The van der Waals surface area contributed by atoms with Crippen molar-refractivity contribution in [1.29, 1.82) is 0 Å². The van der Waals surface area contributed by atoms with Crippen molar-refractivity contribution >= 4 is 6.29 Å². The molecule has 0 saturated carbocycles. The minimum Gasteiger partial charge on any atom is -0.505 e. The van der Waals surface area contributed by atoms with Gasteiger partial charge in [0.1, 0.15) is 6.29 Å². The summed E-state index contributed by atoms with van der Waals surface area (Å²) in [5, 5.41) is 9.36. The van der Waals surface area contributed by atoms with E-state index in [0.29, 0.717) is 11.8 Å². The van der Waals surface area contributed by atoms with Gasteiger partial charge in [-0.15, -0.1) is 0 Å². The third kappa shape index (κ3) is 3.31. The molecule has 0 amide bonds. The Morgan fingerprint density at radius 1 is 1.50 bits per heavy atom. The van der Waals surface area contributed by atoms with Crippen molar-refractivity contribution in [2.75, 3.05) is 0 Å². The second-order valence-corrected chi connectivity index (χ2v) is 3.82. The number of benzene rings is 1. The van der Waals surface area contributed by atoms with Crippen molar-refractivity contribution in [2.45, 2.75) is 33.0 Å². The van der Waals surface area contributed by atoms with Gasteiger partial charge in [-0.2, -0.15) is 0 Å². The van der Waals surface area contributed by atoms with Gasteiger partial charge in [-0.05, 0) is 31.5 Å². The fraction of sp³-hybridized carbons (Fsp3) is 0.417. The van der Waals surface area contributed by atoms with Crippen molar-refractivity contribution in [1.82, 2.24) is 0 Å². The summed E-state index contributed by atoms with van der Waals surface area (Å²) in [6, 6.07) is 2.79. The van der Waals surface area contributed by atoms with Gasteiger partial charge in [0.2, 0.25) is 0 Å². The van der Waals surface area contributed by atoms with Gasteiger partial charge < -0.3 is 14.6 Å². The second-order valence-electron chi connectivity index (χ2n) is 3.82. The first-order valence-corrected chi connectivity index (χ1v) is 5.10. The molecule has 1 aromatic rings. The summed E-state index contributed by atoms with van der Waals surface area (Å²) < 4.78 is 18.6. The number of aldehydes is 1. The number of carbonyl (C=O) groups excluding carboxylic acids is 1. The molecule has 3 nitrogen and oxygen atoms in total. The maximum atomic E-state index is 13.3. The highest BCUT2D eigenvalue weighted by Gasteiger charge is 2.09. The molecule has 0 radical (unpaired) electrons. The molecule has 88 valence electrons. The van der Waals surface area contributed by atoms with Gasteiger partial charge >= 0.3 is 0 Å². The van der Waals surface area contributed by atoms with E-state index in [-0.39, 0.29) is 24.7 Å². The Kier molecular flexibility index (Phi) is 4.43. The Hall–Kier alpha value is -1.42. The molecule has 4 heteroatoms. The fourth-order valence-corrected chi connectivity index (χ4v) is 1.31. The highest BCUT2D eigenvalue weighted by Crippen LogP contribution is 2.23. The number of ether oxygens (including phenoxy) is 1. The van der Waals surface area contributed by atoms with Gasteiger partial charge in [-0.25, -0.2) is 4.39 Å². The second kappa shape index (κ2) is 5.61. The van der Waals surface area contributed by atoms with Crippen LogP contribution in [0.3, 0.4) is 0 Å². The number of aromatic hydroxyl groups is 1.